The van der Waals surface area contributed by atoms with Crippen molar-refractivity contribution < 1.29 is 13.2 Å². The van der Waals surface area contributed by atoms with Crippen molar-refractivity contribution in [3.05, 3.63) is 53.6 Å². The summed E-state index contributed by atoms with van der Waals surface area (Å²) in [6.45, 7) is 5.56. The molecule has 0 spiro atoms. The minimum Gasteiger partial charge on any atom is -0.326 e. The standard InChI is InChI=1S/C22H30N2O3S/c1-4-6-7-8-9-18-10-14-21(15-11-18)28(26,27)24-22-16-20(23-17(3)25)13-12-19(22)5-2/h10-16,24H,4-9H2,1-3H3,(H,23,25). The monoisotopic (exact) mass is 402 g/mol. The van der Waals surface area contributed by atoms with Crippen molar-refractivity contribution in [2.75, 3.05) is 10.0 Å². The van der Waals surface area contributed by atoms with Crippen LogP contribution in [0.25, 0.3) is 0 Å². The zero-order valence-corrected chi connectivity index (χ0v) is 17.7. The van der Waals surface area contributed by atoms with Gasteiger partial charge in [-0.3, -0.25) is 9.52 Å². The molecule has 2 N–H and O–H groups in total. The fraction of sp³-hybridized carbons (Fsp3) is 0.409. The Hall–Kier alpha value is -2.34. The fourth-order valence-corrected chi connectivity index (χ4v) is 4.15. The molecule has 2 rings (SSSR count). The zero-order valence-electron chi connectivity index (χ0n) is 16.9. The summed E-state index contributed by atoms with van der Waals surface area (Å²) in [7, 11) is -3.70. The molecule has 1 amide bonds. The lowest BCUT2D eigenvalue weighted by molar-refractivity contribution is -0.114. The van der Waals surface area contributed by atoms with Crippen molar-refractivity contribution in [1.82, 2.24) is 0 Å². The van der Waals surface area contributed by atoms with Gasteiger partial charge >= 0.3 is 0 Å². The number of carbonyl (C=O) groups is 1. The lowest BCUT2D eigenvalue weighted by Crippen LogP contribution is -2.15. The molecule has 0 fully saturated rings. The Balaban J connectivity index is 2.15. The van der Waals surface area contributed by atoms with Crippen LogP contribution in [0.1, 0.15) is 57.6 Å². The molecule has 0 saturated heterocycles. The number of sulfonamides is 1. The van der Waals surface area contributed by atoms with Crippen LogP contribution < -0.4 is 10.0 Å². The van der Waals surface area contributed by atoms with Crippen LogP contribution in [0, 0.1) is 0 Å². The second-order valence-corrected chi connectivity index (χ2v) is 8.65. The topological polar surface area (TPSA) is 75.3 Å². The second-order valence-electron chi connectivity index (χ2n) is 6.97. The van der Waals surface area contributed by atoms with Gasteiger partial charge in [0.05, 0.1) is 10.6 Å². The van der Waals surface area contributed by atoms with E-state index in [4.69, 9.17) is 0 Å². The lowest BCUT2D eigenvalue weighted by atomic mass is 10.1. The fourth-order valence-electron chi connectivity index (χ4n) is 3.06. The lowest BCUT2D eigenvalue weighted by Gasteiger charge is -2.14. The van der Waals surface area contributed by atoms with Crippen molar-refractivity contribution in [2.45, 2.75) is 64.2 Å². The van der Waals surface area contributed by atoms with Gasteiger partial charge in [-0.05, 0) is 54.7 Å². The van der Waals surface area contributed by atoms with E-state index in [9.17, 15) is 13.2 Å². The molecular formula is C22H30N2O3S. The Morgan fingerprint density at radius 3 is 2.29 bits per heavy atom. The SMILES string of the molecule is CCCCCCc1ccc(S(=O)(=O)Nc2cc(NC(C)=O)ccc2CC)cc1. The Morgan fingerprint density at radius 1 is 0.964 bits per heavy atom. The van der Waals surface area contributed by atoms with E-state index in [0.29, 0.717) is 17.8 Å². The molecule has 6 heteroatoms. The minimum atomic E-state index is -3.70. The van der Waals surface area contributed by atoms with Crippen molar-refractivity contribution >= 4 is 27.3 Å². The van der Waals surface area contributed by atoms with Gasteiger partial charge in [0.15, 0.2) is 0 Å². The maximum absolute atomic E-state index is 12.8. The normalized spacial score (nSPS) is 11.2. The Kier molecular flexibility index (Phi) is 8.05. The van der Waals surface area contributed by atoms with Crippen LogP contribution >= 0.6 is 0 Å². The molecule has 5 nitrogen and oxygen atoms in total. The van der Waals surface area contributed by atoms with Crippen LogP contribution in [0.15, 0.2) is 47.4 Å². The van der Waals surface area contributed by atoms with Gasteiger partial charge in [-0.25, -0.2) is 8.42 Å². The number of nitrogens with one attached hydrogen (secondary N) is 2. The summed E-state index contributed by atoms with van der Waals surface area (Å²) in [4.78, 5) is 11.5. The van der Waals surface area contributed by atoms with Gasteiger partial charge in [-0.1, -0.05) is 51.3 Å². The van der Waals surface area contributed by atoms with E-state index in [2.05, 4.69) is 17.0 Å². The van der Waals surface area contributed by atoms with Gasteiger partial charge in [-0.2, -0.15) is 0 Å². The molecule has 152 valence electrons. The van der Waals surface area contributed by atoms with E-state index in [0.717, 1.165) is 24.0 Å². The third kappa shape index (κ3) is 6.37. The molecule has 0 unspecified atom stereocenters. The van der Waals surface area contributed by atoms with Crippen LogP contribution in [0.4, 0.5) is 11.4 Å². The minimum absolute atomic E-state index is 0.201. The van der Waals surface area contributed by atoms with Gasteiger partial charge in [0.1, 0.15) is 0 Å². The van der Waals surface area contributed by atoms with Crippen molar-refractivity contribution in [2.24, 2.45) is 0 Å². The van der Waals surface area contributed by atoms with Gasteiger partial charge in [-0.15, -0.1) is 0 Å². The van der Waals surface area contributed by atoms with Crippen LogP contribution in [0.2, 0.25) is 0 Å². The van der Waals surface area contributed by atoms with Crippen molar-refractivity contribution in [3.8, 4) is 0 Å². The number of unbranched alkanes of at least 4 members (excludes halogenated alkanes) is 3. The third-order valence-electron chi connectivity index (χ3n) is 4.61. The third-order valence-corrected chi connectivity index (χ3v) is 5.99. The summed E-state index contributed by atoms with van der Waals surface area (Å²) < 4.78 is 28.3. The number of rotatable bonds is 10. The highest BCUT2D eigenvalue weighted by Gasteiger charge is 2.16. The maximum Gasteiger partial charge on any atom is 0.261 e. The highest BCUT2D eigenvalue weighted by molar-refractivity contribution is 7.92. The number of hydrogen-bond acceptors (Lipinski definition) is 3. The largest absolute Gasteiger partial charge is 0.326 e. The predicted molar refractivity (Wildman–Crippen MR) is 115 cm³/mol. The van der Waals surface area contributed by atoms with E-state index < -0.39 is 10.0 Å². The molecular weight excluding hydrogens is 372 g/mol. The number of carbonyl (C=O) groups excluding carboxylic acids is 1. The zero-order chi connectivity index (χ0) is 20.6. The molecule has 2 aromatic carbocycles. The van der Waals surface area contributed by atoms with Crippen molar-refractivity contribution in [3.63, 3.8) is 0 Å². The molecule has 0 bridgehead atoms. The van der Waals surface area contributed by atoms with Gasteiger partial charge < -0.3 is 5.32 Å². The predicted octanol–water partition coefficient (Wildman–Crippen LogP) is 5.13. The van der Waals surface area contributed by atoms with Gasteiger partial charge in [0, 0.05) is 12.6 Å². The van der Waals surface area contributed by atoms with E-state index in [1.54, 1.807) is 24.3 Å². The summed E-state index contributed by atoms with van der Waals surface area (Å²) in [6.07, 6.45) is 6.39. The quantitative estimate of drug-likeness (QED) is 0.541. The van der Waals surface area contributed by atoms with E-state index in [-0.39, 0.29) is 10.8 Å². The smallest absolute Gasteiger partial charge is 0.261 e. The van der Waals surface area contributed by atoms with Crippen LogP contribution in [-0.2, 0) is 27.7 Å². The van der Waals surface area contributed by atoms with E-state index >= 15 is 0 Å². The summed E-state index contributed by atoms with van der Waals surface area (Å²) >= 11 is 0. The number of hydrogen-bond donors (Lipinski definition) is 2. The average molecular weight is 403 g/mol. The first-order chi connectivity index (χ1) is 13.4. The summed E-state index contributed by atoms with van der Waals surface area (Å²) in [5.74, 6) is -0.201. The average Bonchev–Trinajstić information content (AvgIpc) is 2.65. The first-order valence-corrected chi connectivity index (χ1v) is 11.4. The van der Waals surface area contributed by atoms with E-state index in [1.165, 1.54) is 26.2 Å². The first-order valence-electron chi connectivity index (χ1n) is 9.88. The van der Waals surface area contributed by atoms with Crippen LogP contribution in [0.5, 0.6) is 0 Å². The molecule has 2 aromatic rings. The molecule has 0 saturated carbocycles. The molecule has 0 aromatic heterocycles. The highest BCUT2D eigenvalue weighted by Crippen LogP contribution is 2.25. The summed E-state index contributed by atoms with van der Waals surface area (Å²) in [5.41, 5.74) is 3.06. The molecule has 0 aliphatic rings. The Bertz CT molecular complexity index is 890. The Morgan fingerprint density at radius 2 is 1.68 bits per heavy atom. The molecule has 0 heterocycles. The van der Waals surface area contributed by atoms with Crippen molar-refractivity contribution in [1.29, 1.82) is 0 Å². The molecule has 28 heavy (non-hydrogen) atoms. The number of anilines is 2. The summed E-state index contributed by atoms with van der Waals surface area (Å²) in [6, 6.07) is 12.3. The number of amides is 1. The molecule has 0 aliphatic heterocycles. The van der Waals surface area contributed by atoms with Gasteiger partial charge in [0.25, 0.3) is 10.0 Å². The van der Waals surface area contributed by atoms with Crippen LogP contribution in [0.3, 0.4) is 0 Å². The highest BCUT2D eigenvalue weighted by atomic mass is 32.2. The molecule has 0 atom stereocenters. The number of aryl methyl sites for hydroxylation is 2. The Labute approximate surface area is 168 Å². The number of benzene rings is 2. The van der Waals surface area contributed by atoms with E-state index in [1.807, 2.05) is 25.1 Å². The second kappa shape index (κ2) is 10.3. The molecule has 0 radical (unpaired) electrons. The summed E-state index contributed by atoms with van der Waals surface area (Å²) in [5, 5.41) is 2.68. The maximum atomic E-state index is 12.8. The first kappa shape index (κ1) is 22.0. The van der Waals surface area contributed by atoms with Crippen LogP contribution in [-0.4, -0.2) is 14.3 Å². The van der Waals surface area contributed by atoms with Gasteiger partial charge in [0.2, 0.25) is 5.91 Å². The molecule has 0 aliphatic carbocycles.